The first-order chi connectivity index (χ1) is 7.88. The molecule has 0 bridgehead atoms. The number of ether oxygens (including phenoxy) is 1. The van der Waals surface area contributed by atoms with Crippen molar-refractivity contribution >= 4 is 21.9 Å². The largest absolute Gasteiger partial charge is 0.493 e. The molecule has 2 rings (SSSR count). The maximum Gasteiger partial charge on any atom is 0.328 e. The standard InChI is InChI=1S/C12H14BrNO3/c1-6-7(2)10-8(5-9(6)13)12(14,11(15)16)3-4-17-10/h5H,3-4,14H2,1-2H3,(H,15,16). The van der Waals surface area contributed by atoms with E-state index in [-0.39, 0.29) is 6.42 Å². The summed E-state index contributed by atoms with van der Waals surface area (Å²) in [6.45, 7) is 4.20. The molecule has 17 heavy (non-hydrogen) atoms. The highest BCUT2D eigenvalue weighted by Crippen LogP contribution is 2.41. The number of halogens is 1. The Labute approximate surface area is 108 Å². The fourth-order valence-corrected chi connectivity index (χ4v) is 2.57. The van der Waals surface area contributed by atoms with Gasteiger partial charge in [0, 0.05) is 16.5 Å². The molecule has 0 amide bonds. The SMILES string of the molecule is Cc1c(Br)cc2c(c1C)OCCC2(N)C(=O)O. The van der Waals surface area contributed by atoms with Crippen LogP contribution in [0, 0.1) is 13.8 Å². The predicted molar refractivity (Wildman–Crippen MR) is 67.2 cm³/mol. The van der Waals surface area contributed by atoms with Gasteiger partial charge in [0.1, 0.15) is 11.3 Å². The average molecular weight is 300 g/mol. The lowest BCUT2D eigenvalue weighted by atomic mass is 9.83. The molecule has 1 aliphatic heterocycles. The zero-order valence-corrected chi connectivity index (χ0v) is 11.3. The lowest BCUT2D eigenvalue weighted by Crippen LogP contribution is -2.48. The molecule has 0 aliphatic carbocycles. The third kappa shape index (κ3) is 1.73. The summed E-state index contributed by atoms with van der Waals surface area (Å²) in [4.78, 5) is 11.4. The molecule has 0 aromatic heterocycles. The molecule has 1 atom stereocenters. The predicted octanol–water partition coefficient (Wildman–Crippen LogP) is 2.09. The zero-order chi connectivity index (χ0) is 12.8. The first kappa shape index (κ1) is 12.4. The summed E-state index contributed by atoms with van der Waals surface area (Å²) in [6, 6.07) is 1.75. The number of nitrogens with two attached hydrogens (primary N) is 1. The van der Waals surface area contributed by atoms with Crippen LogP contribution in [0.15, 0.2) is 10.5 Å². The quantitative estimate of drug-likeness (QED) is 0.833. The molecule has 0 saturated heterocycles. The molecule has 5 heteroatoms. The Morgan fingerprint density at radius 1 is 1.53 bits per heavy atom. The third-order valence-corrected chi connectivity index (χ3v) is 4.21. The van der Waals surface area contributed by atoms with Crippen LogP contribution in [0.1, 0.15) is 23.1 Å². The minimum Gasteiger partial charge on any atom is -0.493 e. The first-order valence-electron chi connectivity index (χ1n) is 5.33. The summed E-state index contributed by atoms with van der Waals surface area (Å²) in [5.74, 6) is -0.404. The van der Waals surface area contributed by atoms with Crippen LogP contribution in [0.2, 0.25) is 0 Å². The van der Waals surface area contributed by atoms with E-state index in [9.17, 15) is 9.90 Å². The monoisotopic (exact) mass is 299 g/mol. The van der Waals surface area contributed by atoms with Gasteiger partial charge in [-0.15, -0.1) is 0 Å². The highest BCUT2D eigenvalue weighted by Gasteiger charge is 2.42. The van der Waals surface area contributed by atoms with Gasteiger partial charge in [0.25, 0.3) is 0 Å². The van der Waals surface area contributed by atoms with Gasteiger partial charge in [0.2, 0.25) is 0 Å². The van der Waals surface area contributed by atoms with Gasteiger partial charge >= 0.3 is 5.97 Å². The molecule has 1 aromatic rings. The Balaban J connectivity index is 2.72. The van der Waals surface area contributed by atoms with Gasteiger partial charge in [-0.1, -0.05) is 15.9 Å². The van der Waals surface area contributed by atoms with Crippen LogP contribution >= 0.6 is 15.9 Å². The van der Waals surface area contributed by atoms with Crippen LogP contribution < -0.4 is 10.5 Å². The lowest BCUT2D eigenvalue weighted by molar-refractivity contribution is -0.144. The maximum atomic E-state index is 11.4. The molecule has 3 N–H and O–H groups in total. The third-order valence-electron chi connectivity index (χ3n) is 3.38. The fourth-order valence-electron chi connectivity index (χ4n) is 2.04. The molecule has 0 spiro atoms. The van der Waals surface area contributed by atoms with E-state index in [1.54, 1.807) is 6.07 Å². The Hall–Kier alpha value is -1.07. The number of carboxylic acids is 1. The van der Waals surface area contributed by atoms with E-state index in [0.717, 1.165) is 15.6 Å². The summed E-state index contributed by atoms with van der Waals surface area (Å²) in [7, 11) is 0. The van der Waals surface area contributed by atoms with Crippen LogP contribution in [0.25, 0.3) is 0 Å². The van der Waals surface area contributed by atoms with Crippen molar-refractivity contribution in [1.29, 1.82) is 0 Å². The van der Waals surface area contributed by atoms with Crippen molar-refractivity contribution in [2.24, 2.45) is 5.73 Å². The van der Waals surface area contributed by atoms with Crippen molar-refractivity contribution in [3.8, 4) is 5.75 Å². The molecule has 4 nitrogen and oxygen atoms in total. The van der Waals surface area contributed by atoms with E-state index in [1.165, 1.54) is 0 Å². The summed E-state index contributed by atoms with van der Waals surface area (Å²) < 4.78 is 6.43. The molecule has 1 aromatic carbocycles. The summed E-state index contributed by atoms with van der Waals surface area (Å²) >= 11 is 3.42. The van der Waals surface area contributed by atoms with Gasteiger partial charge in [0.15, 0.2) is 0 Å². The van der Waals surface area contributed by atoms with Crippen LogP contribution in [-0.4, -0.2) is 17.7 Å². The van der Waals surface area contributed by atoms with Crippen molar-refractivity contribution in [1.82, 2.24) is 0 Å². The van der Waals surface area contributed by atoms with Gasteiger partial charge < -0.3 is 15.6 Å². The van der Waals surface area contributed by atoms with E-state index >= 15 is 0 Å². The van der Waals surface area contributed by atoms with Gasteiger partial charge in [0.05, 0.1) is 6.61 Å². The lowest BCUT2D eigenvalue weighted by Gasteiger charge is -2.33. The molecule has 1 heterocycles. The second kappa shape index (κ2) is 3.99. The van der Waals surface area contributed by atoms with Gasteiger partial charge in [-0.25, -0.2) is 4.79 Å². The second-order valence-electron chi connectivity index (χ2n) is 4.36. The maximum absolute atomic E-state index is 11.4. The Morgan fingerprint density at radius 3 is 2.76 bits per heavy atom. The van der Waals surface area contributed by atoms with Crippen LogP contribution in [0.3, 0.4) is 0 Å². The van der Waals surface area contributed by atoms with Gasteiger partial charge in [-0.05, 0) is 31.0 Å². The number of aliphatic carboxylic acids is 1. The Bertz CT molecular complexity index is 501. The Morgan fingerprint density at radius 2 is 2.18 bits per heavy atom. The number of benzene rings is 1. The summed E-state index contributed by atoms with van der Waals surface area (Å²) in [5, 5.41) is 9.30. The topological polar surface area (TPSA) is 72.5 Å². The van der Waals surface area contributed by atoms with E-state index < -0.39 is 11.5 Å². The minimum atomic E-state index is -1.35. The molecular weight excluding hydrogens is 286 g/mol. The summed E-state index contributed by atoms with van der Waals surface area (Å²) in [6.07, 6.45) is 0.282. The first-order valence-corrected chi connectivity index (χ1v) is 6.12. The van der Waals surface area contributed by atoms with E-state index in [4.69, 9.17) is 10.5 Å². The number of hydrogen-bond acceptors (Lipinski definition) is 3. The average Bonchev–Trinajstić information content (AvgIpc) is 2.28. The van der Waals surface area contributed by atoms with E-state index in [2.05, 4.69) is 15.9 Å². The van der Waals surface area contributed by atoms with Crippen molar-refractivity contribution in [2.75, 3.05) is 6.61 Å². The van der Waals surface area contributed by atoms with Crippen molar-refractivity contribution < 1.29 is 14.6 Å². The highest BCUT2D eigenvalue weighted by atomic mass is 79.9. The molecule has 0 radical (unpaired) electrons. The Kier molecular flexibility index (Phi) is 2.91. The van der Waals surface area contributed by atoms with Gasteiger partial charge in [-0.2, -0.15) is 0 Å². The van der Waals surface area contributed by atoms with E-state index in [1.807, 2.05) is 13.8 Å². The molecular formula is C12H14BrNO3. The van der Waals surface area contributed by atoms with Crippen LogP contribution in [0.4, 0.5) is 0 Å². The van der Waals surface area contributed by atoms with Crippen molar-refractivity contribution in [3.63, 3.8) is 0 Å². The molecule has 1 aliphatic rings. The number of carboxylic acid groups (broad SMARTS) is 1. The normalized spacial score (nSPS) is 22.8. The minimum absolute atomic E-state index is 0.282. The smallest absolute Gasteiger partial charge is 0.328 e. The van der Waals surface area contributed by atoms with Crippen LogP contribution in [0.5, 0.6) is 5.75 Å². The molecule has 92 valence electrons. The molecule has 0 fully saturated rings. The number of carbonyl (C=O) groups is 1. The van der Waals surface area contributed by atoms with Crippen LogP contribution in [-0.2, 0) is 10.3 Å². The zero-order valence-electron chi connectivity index (χ0n) is 9.71. The van der Waals surface area contributed by atoms with Crippen molar-refractivity contribution in [3.05, 3.63) is 27.2 Å². The molecule has 1 unspecified atom stereocenters. The van der Waals surface area contributed by atoms with Gasteiger partial charge in [-0.3, -0.25) is 0 Å². The fraction of sp³-hybridized carbons (Fsp3) is 0.417. The van der Waals surface area contributed by atoms with E-state index in [0.29, 0.717) is 17.9 Å². The highest BCUT2D eigenvalue weighted by molar-refractivity contribution is 9.10. The number of hydrogen-bond donors (Lipinski definition) is 2. The second-order valence-corrected chi connectivity index (χ2v) is 5.21. The molecule has 0 saturated carbocycles. The number of fused-ring (bicyclic) bond motifs is 1. The van der Waals surface area contributed by atoms with Crippen molar-refractivity contribution in [2.45, 2.75) is 25.8 Å². The summed E-state index contributed by atoms with van der Waals surface area (Å²) in [5.41, 5.74) is 7.17. The number of rotatable bonds is 1.